The van der Waals surface area contributed by atoms with Gasteiger partial charge in [-0.15, -0.1) is 13.2 Å². The number of allylic oxidation sites excluding steroid dienone is 2. The summed E-state index contributed by atoms with van der Waals surface area (Å²) in [5.41, 5.74) is 0. The zero-order valence-electron chi connectivity index (χ0n) is 17.3. The van der Waals surface area contributed by atoms with Crippen molar-refractivity contribution in [1.29, 1.82) is 0 Å². The minimum atomic E-state index is 0.383. The van der Waals surface area contributed by atoms with Crippen LogP contribution in [0.5, 0.6) is 0 Å². The average Bonchev–Trinajstić information content (AvgIpc) is 2.66. The summed E-state index contributed by atoms with van der Waals surface area (Å²) in [5, 5.41) is 0. The van der Waals surface area contributed by atoms with Crippen LogP contribution in [-0.4, -0.2) is 12.2 Å². The van der Waals surface area contributed by atoms with Gasteiger partial charge in [-0.25, -0.2) is 0 Å². The average molecular weight is 361 g/mol. The Morgan fingerprint density at radius 2 is 1.19 bits per heavy atom. The number of hydrogen-bond acceptors (Lipinski definition) is 1. The highest BCUT2D eigenvalue weighted by Crippen LogP contribution is 2.22. The van der Waals surface area contributed by atoms with Gasteiger partial charge in [0.15, 0.2) is 0 Å². The molecule has 0 N–H and O–H groups in total. The van der Waals surface area contributed by atoms with Gasteiger partial charge in [-0.05, 0) is 44.9 Å². The summed E-state index contributed by atoms with van der Waals surface area (Å²) in [4.78, 5) is 0. The second-order valence-electron chi connectivity index (χ2n) is 7.94. The van der Waals surface area contributed by atoms with Crippen LogP contribution in [0.3, 0.4) is 0 Å². The van der Waals surface area contributed by atoms with Crippen molar-refractivity contribution in [3.8, 4) is 0 Å². The molecule has 0 saturated heterocycles. The molecule has 0 aromatic rings. The third kappa shape index (κ3) is 13.4. The molecule has 0 aromatic heterocycles. The largest absolute Gasteiger partial charge is 0.371 e. The molecule has 1 rings (SSSR count). The highest BCUT2D eigenvalue weighted by molar-refractivity contribution is 4.96. The highest BCUT2D eigenvalue weighted by atomic mass is 16.5. The van der Waals surface area contributed by atoms with Crippen LogP contribution < -0.4 is 0 Å². The van der Waals surface area contributed by atoms with Crippen LogP contribution in [0.1, 0.15) is 109 Å². The van der Waals surface area contributed by atoms with E-state index in [-0.39, 0.29) is 0 Å². The van der Waals surface area contributed by atoms with E-state index in [0.29, 0.717) is 12.2 Å². The van der Waals surface area contributed by atoms with Crippen LogP contribution in [0.2, 0.25) is 0 Å². The maximum Gasteiger partial charge on any atom is 0.0759 e. The van der Waals surface area contributed by atoms with E-state index >= 15 is 0 Å². The van der Waals surface area contributed by atoms with E-state index in [1.807, 2.05) is 12.2 Å². The molecule has 0 aromatic carbocycles. The summed E-state index contributed by atoms with van der Waals surface area (Å²) >= 11 is 0. The molecule has 0 fully saturated rings. The zero-order valence-corrected chi connectivity index (χ0v) is 17.3. The topological polar surface area (TPSA) is 9.23 Å². The Labute approximate surface area is 164 Å². The van der Waals surface area contributed by atoms with Crippen molar-refractivity contribution in [3.63, 3.8) is 0 Å². The van der Waals surface area contributed by atoms with E-state index in [1.165, 1.54) is 103 Å². The van der Waals surface area contributed by atoms with Crippen LogP contribution in [-0.2, 0) is 4.74 Å². The Kier molecular flexibility index (Phi) is 15.7. The van der Waals surface area contributed by atoms with Gasteiger partial charge in [-0.2, -0.15) is 0 Å². The molecule has 0 bridgehead atoms. The van der Waals surface area contributed by atoms with Crippen molar-refractivity contribution in [2.24, 2.45) is 0 Å². The smallest absolute Gasteiger partial charge is 0.0759 e. The Bertz CT molecular complexity index is 357. The molecular formula is C25H44O. The molecular weight excluding hydrogens is 316 g/mol. The Morgan fingerprint density at radius 3 is 1.77 bits per heavy atom. The molecule has 0 unspecified atom stereocenters. The lowest BCUT2D eigenvalue weighted by Gasteiger charge is -2.26. The van der Waals surface area contributed by atoms with E-state index in [2.05, 4.69) is 25.3 Å². The SMILES string of the molecule is C=CCCCCCCCC[C@@H]1CC=C[C@H](CCCCCCCCC=C)O1. The van der Waals surface area contributed by atoms with E-state index in [0.717, 1.165) is 6.42 Å². The predicted octanol–water partition coefficient (Wildman–Crippen LogP) is 8.31. The van der Waals surface area contributed by atoms with Gasteiger partial charge in [0.1, 0.15) is 0 Å². The number of ether oxygens (including phenoxy) is 1. The van der Waals surface area contributed by atoms with Gasteiger partial charge < -0.3 is 4.74 Å². The molecule has 0 spiro atoms. The van der Waals surface area contributed by atoms with Gasteiger partial charge in [0.25, 0.3) is 0 Å². The number of hydrogen-bond donors (Lipinski definition) is 0. The molecule has 0 radical (unpaired) electrons. The Morgan fingerprint density at radius 1 is 0.692 bits per heavy atom. The predicted molar refractivity (Wildman–Crippen MR) is 117 cm³/mol. The number of unbranched alkanes of at least 4 members (excludes halogenated alkanes) is 12. The highest BCUT2D eigenvalue weighted by Gasteiger charge is 2.17. The fourth-order valence-electron chi connectivity index (χ4n) is 3.79. The van der Waals surface area contributed by atoms with Gasteiger partial charge in [-0.3, -0.25) is 0 Å². The molecule has 1 aliphatic rings. The third-order valence-electron chi connectivity index (χ3n) is 5.45. The molecule has 1 aliphatic heterocycles. The quantitative estimate of drug-likeness (QED) is 0.176. The van der Waals surface area contributed by atoms with Gasteiger partial charge in [0.05, 0.1) is 12.2 Å². The first kappa shape index (κ1) is 23.2. The van der Waals surface area contributed by atoms with Crippen molar-refractivity contribution in [2.45, 2.75) is 121 Å². The van der Waals surface area contributed by atoms with E-state index in [1.54, 1.807) is 0 Å². The van der Waals surface area contributed by atoms with Crippen LogP contribution in [0.25, 0.3) is 0 Å². The van der Waals surface area contributed by atoms with Crippen molar-refractivity contribution >= 4 is 0 Å². The Balaban J connectivity index is 1.94. The molecule has 1 heteroatoms. The Hall–Kier alpha value is -0.820. The minimum Gasteiger partial charge on any atom is -0.371 e. The lowest BCUT2D eigenvalue weighted by atomic mass is 10.0. The first-order valence-corrected chi connectivity index (χ1v) is 11.4. The van der Waals surface area contributed by atoms with E-state index < -0.39 is 0 Å². The van der Waals surface area contributed by atoms with Crippen molar-refractivity contribution < 1.29 is 4.74 Å². The second kappa shape index (κ2) is 17.6. The molecule has 2 atom stereocenters. The van der Waals surface area contributed by atoms with Crippen LogP contribution >= 0.6 is 0 Å². The van der Waals surface area contributed by atoms with Gasteiger partial charge in [0.2, 0.25) is 0 Å². The molecule has 0 amide bonds. The zero-order chi connectivity index (χ0) is 18.7. The van der Waals surface area contributed by atoms with Gasteiger partial charge in [-0.1, -0.05) is 88.5 Å². The molecule has 150 valence electrons. The van der Waals surface area contributed by atoms with Crippen molar-refractivity contribution in [2.75, 3.05) is 0 Å². The fourth-order valence-corrected chi connectivity index (χ4v) is 3.79. The molecule has 1 nitrogen and oxygen atoms in total. The first-order valence-electron chi connectivity index (χ1n) is 11.4. The molecule has 0 aliphatic carbocycles. The first-order chi connectivity index (χ1) is 12.9. The molecule has 0 saturated carbocycles. The molecule has 1 heterocycles. The van der Waals surface area contributed by atoms with Crippen LogP contribution in [0, 0.1) is 0 Å². The third-order valence-corrected chi connectivity index (χ3v) is 5.45. The number of rotatable bonds is 18. The van der Waals surface area contributed by atoms with Gasteiger partial charge in [0, 0.05) is 0 Å². The lowest BCUT2D eigenvalue weighted by Crippen LogP contribution is -2.24. The van der Waals surface area contributed by atoms with Crippen LogP contribution in [0.4, 0.5) is 0 Å². The summed E-state index contributed by atoms with van der Waals surface area (Å²) in [6, 6.07) is 0. The molecule has 26 heavy (non-hydrogen) atoms. The minimum absolute atomic E-state index is 0.383. The summed E-state index contributed by atoms with van der Waals surface area (Å²) in [5.74, 6) is 0. The van der Waals surface area contributed by atoms with Gasteiger partial charge >= 0.3 is 0 Å². The standard InChI is InChI=1S/C25H44O/c1-3-5-7-9-11-13-15-17-20-24-22-19-23-25(26-24)21-18-16-14-12-10-8-6-4-2/h3-4,19,22,24-25H,1-2,5-18,20-21,23H2/t24-,25+/m0/s1. The van der Waals surface area contributed by atoms with Crippen molar-refractivity contribution in [1.82, 2.24) is 0 Å². The van der Waals surface area contributed by atoms with E-state index in [9.17, 15) is 0 Å². The maximum absolute atomic E-state index is 6.30. The second-order valence-corrected chi connectivity index (χ2v) is 7.94. The fraction of sp³-hybridized carbons (Fsp3) is 0.760. The van der Waals surface area contributed by atoms with E-state index in [4.69, 9.17) is 4.74 Å². The normalized spacial score (nSPS) is 19.5. The van der Waals surface area contributed by atoms with Crippen molar-refractivity contribution in [3.05, 3.63) is 37.5 Å². The summed E-state index contributed by atoms with van der Waals surface area (Å²) < 4.78 is 6.30. The summed E-state index contributed by atoms with van der Waals surface area (Å²) in [6.45, 7) is 7.57. The lowest BCUT2D eigenvalue weighted by molar-refractivity contribution is -0.00434. The summed E-state index contributed by atoms with van der Waals surface area (Å²) in [7, 11) is 0. The monoisotopic (exact) mass is 360 g/mol. The van der Waals surface area contributed by atoms with Crippen LogP contribution in [0.15, 0.2) is 37.5 Å². The maximum atomic E-state index is 6.30. The summed E-state index contributed by atoms with van der Waals surface area (Å²) in [6.07, 6.45) is 31.8.